The van der Waals surface area contributed by atoms with Crippen LogP contribution < -0.4 is 9.05 Å². The van der Waals surface area contributed by atoms with Gasteiger partial charge >= 0.3 is 0 Å². The Kier molecular flexibility index (Phi) is 10.5. The Morgan fingerprint density at radius 3 is 1.09 bits per heavy atom. The van der Waals surface area contributed by atoms with E-state index in [1.807, 2.05) is 0 Å². The fourth-order valence-electron chi connectivity index (χ4n) is 3.93. The minimum Gasteiger partial charge on any atom is -0.473 e. The largest absolute Gasteiger partial charge is 0.473 e. The molecule has 0 atom stereocenters. The standard InChI is InChI=1S/C26H38Br2O2P2/c1-15(2)31(16(3)4)29-25-19(9)11-21(27)13-23(25)24-14-22(28)12-20(10)26(24)30-32(17(5)6)18(7)8/h11-18H,1-10H3. The molecule has 0 saturated heterocycles. The molecule has 0 aliphatic carbocycles. The van der Waals surface area contributed by atoms with Gasteiger partial charge in [0.2, 0.25) is 0 Å². The quantitative estimate of drug-likeness (QED) is 0.265. The molecule has 0 amide bonds. The topological polar surface area (TPSA) is 18.5 Å². The van der Waals surface area contributed by atoms with Crippen molar-refractivity contribution in [1.82, 2.24) is 0 Å². The Hall–Kier alpha value is -0.140. The lowest BCUT2D eigenvalue weighted by Gasteiger charge is -2.30. The summed E-state index contributed by atoms with van der Waals surface area (Å²) in [4.78, 5) is 0. The molecule has 0 radical (unpaired) electrons. The summed E-state index contributed by atoms with van der Waals surface area (Å²) in [5.41, 5.74) is 6.39. The molecule has 178 valence electrons. The van der Waals surface area contributed by atoms with E-state index in [4.69, 9.17) is 9.05 Å². The van der Waals surface area contributed by atoms with Crippen LogP contribution in [0.2, 0.25) is 0 Å². The molecule has 2 nitrogen and oxygen atoms in total. The molecular formula is C26H38Br2O2P2. The average molecular weight is 604 g/mol. The monoisotopic (exact) mass is 602 g/mol. The maximum Gasteiger partial charge on any atom is 0.134 e. The van der Waals surface area contributed by atoms with Gasteiger partial charge in [0.1, 0.15) is 11.5 Å². The highest BCUT2D eigenvalue weighted by Crippen LogP contribution is 2.55. The molecule has 0 heterocycles. The van der Waals surface area contributed by atoms with Crippen LogP contribution >= 0.6 is 48.2 Å². The van der Waals surface area contributed by atoms with Crippen LogP contribution in [0.3, 0.4) is 0 Å². The summed E-state index contributed by atoms with van der Waals surface area (Å²) in [6.45, 7) is 22.4. The molecule has 32 heavy (non-hydrogen) atoms. The van der Waals surface area contributed by atoms with Gasteiger partial charge in [-0.15, -0.1) is 0 Å². The van der Waals surface area contributed by atoms with Crippen molar-refractivity contribution >= 4 is 48.2 Å². The first-order valence-electron chi connectivity index (χ1n) is 11.4. The van der Waals surface area contributed by atoms with Crippen LogP contribution in [0.1, 0.15) is 66.5 Å². The summed E-state index contributed by atoms with van der Waals surface area (Å²) in [7, 11) is -1.23. The molecule has 0 spiro atoms. The van der Waals surface area contributed by atoms with Crippen molar-refractivity contribution in [2.24, 2.45) is 0 Å². The van der Waals surface area contributed by atoms with E-state index in [1.54, 1.807) is 0 Å². The lowest BCUT2D eigenvalue weighted by molar-refractivity contribution is 0.581. The number of rotatable bonds is 9. The van der Waals surface area contributed by atoms with Crippen LogP contribution in [-0.4, -0.2) is 22.6 Å². The van der Waals surface area contributed by atoms with E-state index >= 15 is 0 Å². The zero-order valence-electron chi connectivity index (χ0n) is 21.1. The van der Waals surface area contributed by atoms with Gasteiger partial charge in [0.25, 0.3) is 0 Å². The van der Waals surface area contributed by atoms with Gasteiger partial charge in [-0.3, -0.25) is 0 Å². The van der Waals surface area contributed by atoms with Gasteiger partial charge < -0.3 is 9.05 Å². The molecule has 0 N–H and O–H groups in total. The molecular weight excluding hydrogens is 566 g/mol. The fraction of sp³-hybridized carbons (Fsp3) is 0.538. The summed E-state index contributed by atoms with van der Waals surface area (Å²) < 4.78 is 15.7. The van der Waals surface area contributed by atoms with Crippen molar-refractivity contribution < 1.29 is 9.05 Å². The number of aryl methyl sites for hydroxylation is 2. The minimum absolute atomic E-state index is 0.482. The third-order valence-electron chi connectivity index (χ3n) is 5.20. The van der Waals surface area contributed by atoms with Crippen molar-refractivity contribution in [2.45, 2.75) is 91.9 Å². The molecule has 0 aromatic heterocycles. The first-order valence-corrected chi connectivity index (χ1v) is 15.7. The van der Waals surface area contributed by atoms with Gasteiger partial charge in [-0.1, -0.05) is 87.2 Å². The van der Waals surface area contributed by atoms with Gasteiger partial charge in [-0.2, -0.15) is 0 Å². The van der Waals surface area contributed by atoms with Crippen LogP contribution in [-0.2, 0) is 0 Å². The molecule has 2 rings (SSSR count). The summed E-state index contributed by atoms with van der Waals surface area (Å²) in [5, 5.41) is 0. The Morgan fingerprint density at radius 1 is 0.562 bits per heavy atom. The molecule has 0 aliphatic heterocycles. The van der Waals surface area contributed by atoms with Gasteiger partial charge in [0.15, 0.2) is 0 Å². The van der Waals surface area contributed by atoms with Crippen LogP contribution in [0, 0.1) is 13.8 Å². The second kappa shape index (κ2) is 12.0. The van der Waals surface area contributed by atoms with Crippen LogP contribution in [0.5, 0.6) is 11.5 Å². The van der Waals surface area contributed by atoms with Crippen molar-refractivity contribution in [3.63, 3.8) is 0 Å². The van der Waals surface area contributed by atoms with E-state index in [2.05, 4.69) is 125 Å². The van der Waals surface area contributed by atoms with Crippen molar-refractivity contribution in [2.75, 3.05) is 0 Å². The lowest BCUT2D eigenvalue weighted by Crippen LogP contribution is -2.11. The number of hydrogen-bond acceptors (Lipinski definition) is 2. The number of benzene rings is 2. The molecule has 0 fully saturated rings. The van der Waals surface area contributed by atoms with Gasteiger partial charge in [-0.05, 0) is 49.2 Å². The predicted octanol–water partition coefficient (Wildman–Crippen LogP) is 10.7. The van der Waals surface area contributed by atoms with Crippen LogP contribution in [0.15, 0.2) is 33.2 Å². The van der Waals surface area contributed by atoms with E-state index in [9.17, 15) is 0 Å². The van der Waals surface area contributed by atoms with E-state index in [-0.39, 0.29) is 0 Å². The van der Waals surface area contributed by atoms with Crippen molar-refractivity contribution in [3.8, 4) is 22.6 Å². The molecule has 0 bridgehead atoms. The van der Waals surface area contributed by atoms with E-state index in [1.165, 1.54) is 0 Å². The maximum atomic E-state index is 6.82. The summed E-state index contributed by atoms with van der Waals surface area (Å²) in [6.07, 6.45) is 0. The Labute approximate surface area is 215 Å². The molecule has 0 unspecified atom stereocenters. The third kappa shape index (κ3) is 6.94. The molecule has 2 aromatic rings. The summed E-state index contributed by atoms with van der Waals surface area (Å²) >= 11 is 7.46. The van der Waals surface area contributed by atoms with E-state index in [0.29, 0.717) is 22.6 Å². The van der Waals surface area contributed by atoms with Crippen LogP contribution in [0.4, 0.5) is 0 Å². The Balaban J connectivity index is 2.74. The first kappa shape index (κ1) is 28.1. The summed E-state index contributed by atoms with van der Waals surface area (Å²) in [6, 6.07) is 8.65. The van der Waals surface area contributed by atoms with Crippen molar-refractivity contribution in [1.29, 1.82) is 0 Å². The second-order valence-electron chi connectivity index (χ2n) is 9.48. The SMILES string of the molecule is Cc1cc(Br)cc(-c2cc(Br)cc(C)c2OP(C(C)C)C(C)C)c1OP(C(C)C)C(C)C. The highest BCUT2D eigenvalue weighted by molar-refractivity contribution is 9.10. The first-order chi connectivity index (χ1) is 14.8. The van der Waals surface area contributed by atoms with E-state index in [0.717, 1.165) is 42.7 Å². The Bertz CT molecular complexity index is 835. The third-order valence-corrected chi connectivity index (χ3v) is 11.0. The van der Waals surface area contributed by atoms with Gasteiger partial charge in [-0.25, -0.2) is 0 Å². The highest BCUT2D eigenvalue weighted by Gasteiger charge is 2.27. The molecule has 2 aromatic carbocycles. The zero-order chi connectivity index (χ0) is 24.3. The highest BCUT2D eigenvalue weighted by atomic mass is 79.9. The minimum atomic E-state index is -0.613. The zero-order valence-corrected chi connectivity index (χ0v) is 26.0. The van der Waals surface area contributed by atoms with E-state index < -0.39 is 16.3 Å². The number of hydrogen-bond donors (Lipinski definition) is 0. The normalized spacial score (nSPS) is 12.2. The second-order valence-corrected chi connectivity index (χ2v) is 17.2. The Morgan fingerprint density at radius 2 is 0.844 bits per heavy atom. The predicted molar refractivity (Wildman–Crippen MR) is 152 cm³/mol. The molecule has 6 heteroatoms. The molecule has 0 saturated carbocycles. The maximum absolute atomic E-state index is 6.82. The molecule has 0 aliphatic rings. The lowest BCUT2D eigenvalue weighted by atomic mass is 9.99. The van der Waals surface area contributed by atoms with Crippen LogP contribution in [0.25, 0.3) is 11.1 Å². The summed E-state index contributed by atoms with van der Waals surface area (Å²) in [5.74, 6) is 1.95. The smallest absolute Gasteiger partial charge is 0.134 e. The van der Waals surface area contributed by atoms with Gasteiger partial charge in [0, 0.05) is 42.7 Å². The van der Waals surface area contributed by atoms with Crippen molar-refractivity contribution in [3.05, 3.63) is 44.3 Å². The van der Waals surface area contributed by atoms with Gasteiger partial charge in [0.05, 0.1) is 16.3 Å². The average Bonchev–Trinajstić information content (AvgIpc) is 2.64. The fourth-order valence-corrected chi connectivity index (χ4v) is 9.21. The number of halogens is 2.